The fourth-order valence-corrected chi connectivity index (χ4v) is 3.19. The molecule has 0 aromatic heterocycles. The van der Waals surface area contributed by atoms with Crippen LogP contribution in [0.1, 0.15) is 40.4 Å². The minimum atomic E-state index is -4.62. The number of esters is 1. The Balaban J connectivity index is 1.72. The lowest BCUT2D eigenvalue weighted by molar-refractivity contribution is -0.138. The Labute approximate surface area is 195 Å². The molecule has 3 N–H and O–H groups in total. The van der Waals surface area contributed by atoms with Crippen LogP contribution >= 0.6 is 0 Å². The number of carbonyl (C=O) groups is 2. The number of hydrogen-bond acceptors (Lipinski definition) is 6. The fraction of sp³-hybridized carbons (Fsp3) is 0.292. The van der Waals surface area contributed by atoms with Gasteiger partial charge in [0.1, 0.15) is 0 Å². The number of hydrogen-bond donors (Lipinski definition) is 3. The number of halogens is 3. The Bertz CT molecular complexity index is 1100. The number of aliphatic imine (C=N–C) groups is 1. The Morgan fingerprint density at radius 2 is 2.03 bits per heavy atom. The van der Waals surface area contributed by atoms with Crippen molar-refractivity contribution in [3.63, 3.8) is 0 Å². The van der Waals surface area contributed by atoms with Crippen molar-refractivity contribution in [1.82, 2.24) is 10.6 Å². The second kappa shape index (κ2) is 11.4. The maximum atomic E-state index is 13.4. The Hall–Kier alpha value is -3.82. The third-order valence-corrected chi connectivity index (χ3v) is 4.79. The largest absolute Gasteiger partial charge is 0.463 e. The van der Waals surface area contributed by atoms with E-state index in [0.717, 1.165) is 18.6 Å². The summed E-state index contributed by atoms with van der Waals surface area (Å²) in [5, 5.41) is 8.43. The lowest BCUT2D eigenvalue weighted by Crippen LogP contribution is -2.35. The van der Waals surface area contributed by atoms with Crippen molar-refractivity contribution in [1.29, 1.82) is 0 Å². The number of nitrogens with one attached hydrogen (secondary N) is 3. The molecule has 0 bridgehead atoms. The zero-order valence-electron chi connectivity index (χ0n) is 18.5. The monoisotopic (exact) mass is 474 g/mol. The van der Waals surface area contributed by atoms with Crippen LogP contribution in [0.25, 0.3) is 6.08 Å². The van der Waals surface area contributed by atoms with Crippen LogP contribution in [0, 0.1) is 0 Å². The van der Waals surface area contributed by atoms with E-state index in [2.05, 4.69) is 20.9 Å². The summed E-state index contributed by atoms with van der Waals surface area (Å²) in [6.45, 7) is 3.29. The van der Waals surface area contributed by atoms with E-state index < -0.39 is 23.6 Å². The summed E-state index contributed by atoms with van der Waals surface area (Å²) in [4.78, 5) is 28.3. The highest BCUT2D eigenvalue weighted by Crippen LogP contribution is 2.32. The van der Waals surface area contributed by atoms with Gasteiger partial charge in [-0.2, -0.15) is 13.2 Å². The van der Waals surface area contributed by atoms with Gasteiger partial charge in [0, 0.05) is 37.0 Å². The van der Waals surface area contributed by atoms with Gasteiger partial charge in [-0.1, -0.05) is 18.2 Å². The third-order valence-electron chi connectivity index (χ3n) is 4.79. The van der Waals surface area contributed by atoms with Crippen LogP contribution in [0.4, 0.5) is 18.9 Å². The van der Waals surface area contributed by atoms with E-state index in [0.29, 0.717) is 30.2 Å². The fourth-order valence-electron chi connectivity index (χ4n) is 3.19. The van der Waals surface area contributed by atoms with Crippen molar-refractivity contribution < 1.29 is 27.5 Å². The summed E-state index contributed by atoms with van der Waals surface area (Å²) in [6, 6.07) is 10.1. The molecule has 34 heavy (non-hydrogen) atoms. The molecule has 1 aliphatic heterocycles. The normalized spacial score (nSPS) is 13.7. The van der Waals surface area contributed by atoms with Gasteiger partial charge < -0.3 is 20.7 Å². The lowest BCUT2D eigenvalue weighted by Gasteiger charge is -2.18. The first-order valence-corrected chi connectivity index (χ1v) is 10.7. The van der Waals surface area contributed by atoms with E-state index in [1.165, 1.54) is 12.1 Å². The summed E-state index contributed by atoms with van der Waals surface area (Å²) in [7, 11) is 0. The van der Waals surface area contributed by atoms with Crippen LogP contribution in [-0.2, 0) is 22.3 Å². The van der Waals surface area contributed by atoms with Crippen molar-refractivity contribution in [2.24, 2.45) is 4.99 Å². The molecular weight excluding hydrogens is 449 g/mol. The molecule has 1 heterocycles. The maximum Gasteiger partial charge on any atom is 0.416 e. The van der Waals surface area contributed by atoms with Gasteiger partial charge in [-0.25, -0.2) is 4.79 Å². The topological polar surface area (TPSA) is 91.8 Å². The molecule has 10 heteroatoms. The van der Waals surface area contributed by atoms with Crippen LogP contribution < -0.4 is 16.0 Å². The number of ether oxygens (including phenoxy) is 1. The molecule has 0 atom stereocenters. The van der Waals surface area contributed by atoms with Gasteiger partial charge >= 0.3 is 12.1 Å². The van der Waals surface area contributed by atoms with Crippen LogP contribution in [0.5, 0.6) is 0 Å². The first kappa shape index (κ1) is 24.8. The molecule has 0 spiro atoms. The van der Waals surface area contributed by atoms with E-state index in [1.54, 1.807) is 37.3 Å². The van der Waals surface area contributed by atoms with Gasteiger partial charge in [-0.3, -0.25) is 9.79 Å². The highest BCUT2D eigenvalue weighted by molar-refractivity contribution is 5.98. The molecule has 0 saturated carbocycles. The van der Waals surface area contributed by atoms with E-state index in [1.807, 2.05) is 0 Å². The molecule has 1 amide bonds. The number of carbonyl (C=O) groups excluding carboxylic acids is 2. The molecule has 0 saturated heterocycles. The average molecular weight is 474 g/mol. The second-order valence-electron chi connectivity index (χ2n) is 7.45. The molecule has 7 nitrogen and oxygen atoms in total. The molecule has 0 fully saturated rings. The second-order valence-corrected chi connectivity index (χ2v) is 7.45. The summed E-state index contributed by atoms with van der Waals surface area (Å²) in [5.74, 6) is -0.755. The van der Waals surface area contributed by atoms with Crippen molar-refractivity contribution in [3.8, 4) is 0 Å². The first-order chi connectivity index (χ1) is 16.2. The highest BCUT2D eigenvalue weighted by Gasteiger charge is 2.32. The number of rotatable bonds is 7. The molecule has 0 unspecified atom stereocenters. The zero-order chi connectivity index (χ0) is 24.6. The first-order valence-electron chi connectivity index (χ1n) is 10.7. The molecule has 1 aliphatic rings. The van der Waals surface area contributed by atoms with Crippen molar-refractivity contribution in [3.05, 3.63) is 70.8 Å². The zero-order valence-corrected chi connectivity index (χ0v) is 18.5. The van der Waals surface area contributed by atoms with E-state index >= 15 is 0 Å². The highest BCUT2D eigenvalue weighted by atomic mass is 19.4. The minimum Gasteiger partial charge on any atom is -0.463 e. The molecule has 0 radical (unpaired) electrons. The van der Waals surface area contributed by atoms with E-state index in [4.69, 9.17) is 4.74 Å². The summed E-state index contributed by atoms with van der Waals surface area (Å²) >= 11 is 0. The molecular formula is C24H25F3N4O3. The predicted octanol–water partition coefficient (Wildman–Crippen LogP) is 3.97. The van der Waals surface area contributed by atoms with E-state index in [-0.39, 0.29) is 24.4 Å². The number of amides is 1. The molecule has 3 rings (SSSR count). The van der Waals surface area contributed by atoms with Crippen molar-refractivity contribution >= 4 is 29.6 Å². The average Bonchev–Trinajstić information content (AvgIpc) is 2.81. The Morgan fingerprint density at radius 3 is 2.74 bits per heavy atom. The summed E-state index contributed by atoms with van der Waals surface area (Å²) < 4.78 is 45.1. The van der Waals surface area contributed by atoms with Gasteiger partial charge in [-0.15, -0.1) is 0 Å². The molecule has 2 aromatic rings. The van der Waals surface area contributed by atoms with Crippen LogP contribution in [0.15, 0.2) is 53.5 Å². The molecule has 2 aromatic carbocycles. The Kier molecular flexibility index (Phi) is 8.29. The van der Waals surface area contributed by atoms with Crippen molar-refractivity contribution in [2.75, 3.05) is 25.0 Å². The van der Waals surface area contributed by atoms with Crippen LogP contribution in [0.2, 0.25) is 0 Å². The van der Waals surface area contributed by atoms with Crippen LogP contribution in [0.3, 0.4) is 0 Å². The summed E-state index contributed by atoms with van der Waals surface area (Å²) in [5.41, 5.74) is 0.466. The Morgan fingerprint density at radius 1 is 1.21 bits per heavy atom. The number of nitrogens with zero attached hydrogens (tertiary/aromatic N) is 1. The number of alkyl halides is 3. The lowest BCUT2D eigenvalue weighted by atomic mass is 10.1. The summed E-state index contributed by atoms with van der Waals surface area (Å²) in [6.07, 6.45) is -0.907. The van der Waals surface area contributed by atoms with Gasteiger partial charge in [0.25, 0.3) is 5.91 Å². The quantitative estimate of drug-likeness (QED) is 0.417. The van der Waals surface area contributed by atoms with Gasteiger partial charge in [0.2, 0.25) is 0 Å². The predicted molar refractivity (Wildman–Crippen MR) is 123 cm³/mol. The van der Waals surface area contributed by atoms with Crippen LogP contribution in [-0.4, -0.2) is 37.5 Å². The third kappa shape index (κ3) is 7.36. The molecule has 180 valence electrons. The SMILES string of the molecule is CCOC(=O)C=Cc1cccc(CNC(=O)c2cc(NC3=NCCCN3)cc(C(F)(F)F)c2)c1. The standard InChI is InChI=1S/C24H25F3N4O3/c1-2-34-21(32)8-7-16-5-3-6-17(11-16)15-30-22(33)18-12-19(24(25,26)27)14-20(13-18)31-23-28-9-4-10-29-23/h3,5-8,11-14H,2,4,9-10,15H2,1H3,(H,30,33)(H2,28,29,31). The van der Waals surface area contributed by atoms with Gasteiger partial charge in [-0.05, 0) is 54.8 Å². The van der Waals surface area contributed by atoms with Gasteiger partial charge in [0.05, 0.1) is 12.2 Å². The van der Waals surface area contributed by atoms with E-state index in [9.17, 15) is 22.8 Å². The van der Waals surface area contributed by atoms with Gasteiger partial charge in [0.15, 0.2) is 5.96 Å². The van der Waals surface area contributed by atoms with Crippen molar-refractivity contribution in [2.45, 2.75) is 26.1 Å². The molecule has 0 aliphatic carbocycles. The minimum absolute atomic E-state index is 0.0905. The number of anilines is 1. The number of benzene rings is 2. The number of guanidine groups is 1. The smallest absolute Gasteiger partial charge is 0.416 e. The maximum absolute atomic E-state index is 13.4.